The summed E-state index contributed by atoms with van der Waals surface area (Å²) in [6.07, 6.45) is 4.05. The van der Waals surface area contributed by atoms with E-state index in [1.54, 1.807) is 0 Å². The minimum Gasteiger partial charge on any atom is -0.381 e. The molecular weight excluding hydrogens is 168 g/mol. The van der Waals surface area contributed by atoms with E-state index >= 15 is 0 Å². The summed E-state index contributed by atoms with van der Waals surface area (Å²) in [5, 5.41) is 0. The van der Waals surface area contributed by atoms with Gasteiger partial charge >= 0.3 is 0 Å². The van der Waals surface area contributed by atoms with Crippen molar-refractivity contribution in [3.8, 4) is 0 Å². The van der Waals surface area contributed by atoms with E-state index in [1.807, 2.05) is 0 Å². The number of rotatable bonds is 3. The zero-order valence-corrected chi connectivity index (χ0v) is 7.83. The SMILES string of the molecule is O=CC1(CC2CCOC2)CCOC1. The van der Waals surface area contributed by atoms with Gasteiger partial charge in [-0.1, -0.05) is 0 Å². The third-order valence-electron chi connectivity index (χ3n) is 3.10. The summed E-state index contributed by atoms with van der Waals surface area (Å²) in [5.74, 6) is 0.576. The molecule has 0 bridgehead atoms. The zero-order valence-electron chi connectivity index (χ0n) is 7.83. The van der Waals surface area contributed by atoms with Crippen molar-refractivity contribution in [2.75, 3.05) is 26.4 Å². The molecule has 0 aromatic rings. The van der Waals surface area contributed by atoms with Crippen molar-refractivity contribution in [2.24, 2.45) is 11.3 Å². The Balaban J connectivity index is 1.92. The van der Waals surface area contributed by atoms with E-state index in [0.29, 0.717) is 12.5 Å². The first-order chi connectivity index (χ1) is 6.35. The van der Waals surface area contributed by atoms with E-state index < -0.39 is 0 Å². The molecule has 0 N–H and O–H groups in total. The molecule has 2 aliphatic heterocycles. The van der Waals surface area contributed by atoms with Gasteiger partial charge < -0.3 is 14.3 Å². The first-order valence-electron chi connectivity index (χ1n) is 4.96. The van der Waals surface area contributed by atoms with Crippen molar-refractivity contribution in [2.45, 2.75) is 19.3 Å². The van der Waals surface area contributed by atoms with Crippen molar-refractivity contribution in [1.82, 2.24) is 0 Å². The Kier molecular flexibility index (Phi) is 2.65. The lowest BCUT2D eigenvalue weighted by atomic mass is 9.79. The molecule has 3 nitrogen and oxygen atoms in total. The van der Waals surface area contributed by atoms with Crippen LogP contribution < -0.4 is 0 Å². The van der Waals surface area contributed by atoms with Crippen molar-refractivity contribution in [3.05, 3.63) is 0 Å². The number of carbonyl (C=O) groups excluding carboxylic acids is 1. The van der Waals surface area contributed by atoms with E-state index in [9.17, 15) is 4.79 Å². The molecule has 0 amide bonds. The lowest BCUT2D eigenvalue weighted by Gasteiger charge is -2.22. The van der Waals surface area contributed by atoms with Crippen molar-refractivity contribution < 1.29 is 14.3 Å². The average Bonchev–Trinajstić information content (AvgIpc) is 2.77. The van der Waals surface area contributed by atoms with E-state index in [4.69, 9.17) is 9.47 Å². The van der Waals surface area contributed by atoms with Gasteiger partial charge in [0.05, 0.1) is 12.0 Å². The maximum absolute atomic E-state index is 11.0. The molecule has 2 aliphatic rings. The van der Waals surface area contributed by atoms with Crippen LogP contribution in [0.5, 0.6) is 0 Å². The molecule has 2 unspecified atom stereocenters. The number of hydrogen-bond acceptors (Lipinski definition) is 3. The van der Waals surface area contributed by atoms with Crippen LogP contribution in [0.4, 0.5) is 0 Å². The van der Waals surface area contributed by atoms with E-state index in [1.165, 1.54) is 0 Å². The summed E-state index contributed by atoms with van der Waals surface area (Å²) in [7, 11) is 0. The largest absolute Gasteiger partial charge is 0.381 e. The first kappa shape index (κ1) is 9.16. The van der Waals surface area contributed by atoms with Crippen molar-refractivity contribution >= 4 is 6.29 Å². The first-order valence-corrected chi connectivity index (χ1v) is 4.96. The number of hydrogen-bond donors (Lipinski definition) is 0. The highest BCUT2D eigenvalue weighted by Crippen LogP contribution is 2.35. The van der Waals surface area contributed by atoms with Crippen LogP contribution in [0.2, 0.25) is 0 Å². The molecule has 0 aliphatic carbocycles. The van der Waals surface area contributed by atoms with Crippen LogP contribution in [0, 0.1) is 11.3 Å². The maximum atomic E-state index is 11.0. The maximum Gasteiger partial charge on any atom is 0.128 e. The third-order valence-corrected chi connectivity index (χ3v) is 3.10. The highest BCUT2D eigenvalue weighted by atomic mass is 16.5. The van der Waals surface area contributed by atoms with Crippen molar-refractivity contribution in [3.63, 3.8) is 0 Å². The fourth-order valence-corrected chi connectivity index (χ4v) is 2.24. The molecule has 2 rings (SSSR count). The van der Waals surface area contributed by atoms with Crippen LogP contribution in [0.1, 0.15) is 19.3 Å². The van der Waals surface area contributed by atoms with Crippen LogP contribution in [0.3, 0.4) is 0 Å². The van der Waals surface area contributed by atoms with E-state index in [0.717, 1.165) is 45.4 Å². The molecule has 0 aromatic carbocycles. The minimum absolute atomic E-state index is 0.182. The Morgan fingerprint density at radius 2 is 2.31 bits per heavy atom. The molecule has 2 heterocycles. The Morgan fingerprint density at radius 1 is 1.38 bits per heavy atom. The monoisotopic (exact) mass is 184 g/mol. The van der Waals surface area contributed by atoms with Gasteiger partial charge in [-0.25, -0.2) is 0 Å². The fourth-order valence-electron chi connectivity index (χ4n) is 2.24. The van der Waals surface area contributed by atoms with Gasteiger partial charge in [-0.15, -0.1) is 0 Å². The Labute approximate surface area is 78.4 Å². The molecule has 3 heteroatoms. The fraction of sp³-hybridized carbons (Fsp3) is 0.900. The average molecular weight is 184 g/mol. The second-order valence-corrected chi connectivity index (χ2v) is 4.22. The van der Waals surface area contributed by atoms with Gasteiger partial charge in [0.15, 0.2) is 0 Å². The second kappa shape index (κ2) is 3.76. The summed E-state index contributed by atoms with van der Waals surface area (Å²) >= 11 is 0. The number of carbonyl (C=O) groups is 1. The molecule has 0 aromatic heterocycles. The highest BCUT2D eigenvalue weighted by Gasteiger charge is 2.37. The normalized spacial score (nSPS) is 39.5. The van der Waals surface area contributed by atoms with Crippen LogP contribution in [-0.4, -0.2) is 32.7 Å². The Morgan fingerprint density at radius 3 is 2.85 bits per heavy atom. The van der Waals surface area contributed by atoms with Gasteiger partial charge in [0, 0.05) is 19.8 Å². The molecular formula is C10H16O3. The molecule has 13 heavy (non-hydrogen) atoms. The summed E-state index contributed by atoms with van der Waals surface area (Å²) in [6.45, 7) is 3.05. The second-order valence-electron chi connectivity index (χ2n) is 4.22. The predicted molar refractivity (Wildman–Crippen MR) is 47.5 cm³/mol. The summed E-state index contributed by atoms with van der Waals surface area (Å²) < 4.78 is 10.6. The Hall–Kier alpha value is -0.410. The molecule has 0 radical (unpaired) electrons. The standard InChI is InChI=1S/C10H16O3/c11-7-10(2-4-13-8-10)5-9-1-3-12-6-9/h7,9H,1-6,8H2. The minimum atomic E-state index is -0.182. The summed E-state index contributed by atoms with van der Waals surface area (Å²) in [5.41, 5.74) is -0.182. The van der Waals surface area contributed by atoms with Crippen molar-refractivity contribution in [1.29, 1.82) is 0 Å². The van der Waals surface area contributed by atoms with Gasteiger partial charge in [-0.05, 0) is 25.2 Å². The van der Waals surface area contributed by atoms with Gasteiger partial charge in [-0.3, -0.25) is 0 Å². The van der Waals surface area contributed by atoms with E-state index in [2.05, 4.69) is 0 Å². The molecule has 0 saturated carbocycles. The molecule has 2 saturated heterocycles. The Bertz CT molecular complexity index is 179. The lowest BCUT2D eigenvalue weighted by molar-refractivity contribution is -0.117. The third kappa shape index (κ3) is 1.92. The van der Waals surface area contributed by atoms with Crippen LogP contribution >= 0.6 is 0 Å². The van der Waals surface area contributed by atoms with Gasteiger partial charge in [0.25, 0.3) is 0 Å². The molecule has 0 spiro atoms. The highest BCUT2D eigenvalue weighted by molar-refractivity contribution is 5.60. The van der Waals surface area contributed by atoms with E-state index in [-0.39, 0.29) is 5.41 Å². The number of aldehydes is 1. The topological polar surface area (TPSA) is 35.5 Å². The quantitative estimate of drug-likeness (QED) is 0.614. The zero-order chi connectivity index (χ0) is 9.15. The van der Waals surface area contributed by atoms with Gasteiger partial charge in [0.1, 0.15) is 6.29 Å². The van der Waals surface area contributed by atoms with Gasteiger partial charge in [0.2, 0.25) is 0 Å². The van der Waals surface area contributed by atoms with Crippen LogP contribution in [0.15, 0.2) is 0 Å². The number of ether oxygens (including phenoxy) is 2. The van der Waals surface area contributed by atoms with Crippen LogP contribution in [0.25, 0.3) is 0 Å². The molecule has 2 fully saturated rings. The van der Waals surface area contributed by atoms with Gasteiger partial charge in [-0.2, -0.15) is 0 Å². The van der Waals surface area contributed by atoms with Crippen LogP contribution in [-0.2, 0) is 14.3 Å². The molecule has 74 valence electrons. The smallest absolute Gasteiger partial charge is 0.128 e. The summed E-state index contributed by atoms with van der Waals surface area (Å²) in [6, 6.07) is 0. The lowest BCUT2D eigenvalue weighted by Crippen LogP contribution is -2.26. The predicted octanol–water partition coefficient (Wildman–Crippen LogP) is 1.02. The molecule has 2 atom stereocenters. The summed E-state index contributed by atoms with van der Waals surface area (Å²) in [4.78, 5) is 11.0.